The summed E-state index contributed by atoms with van der Waals surface area (Å²) < 4.78 is 11.0. The molecule has 2 aromatic carbocycles. The lowest BCUT2D eigenvalue weighted by Crippen LogP contribution is -2.28. The van der Waals surface area contributed by atoms with E-state index in [4.69, 9.17) is 9.47 Å². The van der Waals surface area contributed by atoms with E-state index in [0.717, 1.165) is 18.6 Å². The first-order valence-corrected chi connectivity index (χ1v) is 9.16. The van der Waals surface area contributed by atoms with Crippen LogP contribution in [0.2, 0.25) is 0 Å². The normalized spacial score (nSPS) is 10.1. The predicted octanol–water partition coefficient (Wildman–Crippen LogP) is 3.63. The molecule has 0 spiro atoms. The van der Waals surface area contributed by atoms with Gasteiger partial charge >= 0.3 is 0 Å². The smallest absolute Gasteiger partial charge is 0.257 e. The highest BCUT2D eigenvalue weighted by molar-refractivity contribution is 6.04. The second-order valence-corrected chi connectivity index (χ2v) is 5.95. The van der Waals surface area contributed by atoms with Gasteiger partial charge in [-0.3, -0.25) is 9.59 Å². The van der Waals surface area contributed by atoms with E-state index < -0.39 is 0 Å². The first-order valence-electron chi connectivity index (χ1n) is 9.16. The third kappa shape index (κ3) is 7.01. The third-order valence-corrected chi connectivity index (χ3v) is 3.74. The molecule has 6 nitrogen and oxygen atoms in total. The largest absolute Gasteiger partial charge is 0.494 e. The fourth-order valence-electron chi connectivity index (χ4n) is 2.27. The Labute approximate surface area is 159 Å². The summed E-state index contributed by atoms with van der Waals surface area (Å²) in [4.78, 5) is 23.7. The van der Waals surface area contributed by atoms with Crippen molar-refractivity contribution in [2.45, 2.75) is 26.7 Å². The molecule has 0 aliphatic carbocycles. The molecule has 144 valence electrons. The Bertz CT molecular complexity index is 727. The fourth-order valence-corrected chi connectivity index (χ4v) is 2.27. The molecule has 2 rings (SSSR count). The van der Waals surface area contributed by atoms with Gasteiger partial charge in [-0.15, -0.1) is 0 Å². The van der Waals surface area contributed by atoms with E-state index >= 15 is 0 Å². The van der Waals surface area contributed by atoms with Gasteiger partial charge in [-0.2, -0.15) is 0 Å². The van der Waals surface area contributed by atoms with Gasteiger partial charge < -0.3 is 20.1 Å². The van der Waals surface area contributed by atoms with Crippen molar-refractivity contribution in [2.75, 3.05) is 25.1 Å². The number of amides is 2. The molecular formula is C21H26N2O4. The Kier molecular flexibility index (Phi) is 8.16. The van der Waals surface area contributed by atoms with Gasteiger partial charge in [0, 0.05) is 17.8 Å². The van der Waals surface area contributed by atoms with Crippen molar-refractivity contribution in [1.82, 2.24) is 5.32 Å². The molecule has 0 radical (unpaired) electrons. The summed E-state index contributed by atoms with van der Waals surface area (Å²) in [6.45, 7) is 5.17. The van der Waals surface area contributed by atoms with Crippen LogP contribution in [0.3, 0.4) is 0 Å². The Hall–Kier alpha value is -3.02. The summed E-state index contributed by atoms with van der Waals surface area (Å²) in [5.74, 6) is 0.949. The van der Waals surface area contributed by atoms with Crippen molar-refractivity contribution >= 4 is 17.5 Å². The summed E-state index contributed by atoms with van der Waals surface area (Å²) in [6, 6.07) is 13.9. The first kappa shape index (κ1) is 20.3. The average Bonchev–Trinajstić information content (AvgIpc) is 2.68. The van der Waals surface area contributed by atoms with Crippen LogP contribution in [0.15, 0.2) is 48.5 Å². The Morgan fingerprint density at radius 3 is 2.15 bits per heavy atom. The van der Waals surface area contributed by atoms with Gasteiger partial charge in [0.25, 0.3) is 11.8 Å². The molecule has 0 aromatic heterocycles. The van der Waals surface area contributed by atoms with E-state index in [1.165, 1.54) is 0 Å². The van der Waals surface area contributed by atoms with Crippen LogP contribution in [-0.4, -0.2) is 31.6 Å². The summed E-state index contributed by atoms with van der Waals surface area (Å²) in [7, 11) is 0. The predicted molar refractivity (Wildman–Crippen MR) is 105 cm³/mol. The highest BCUT2D eigenvalue weighted by Gasteiger charge is 2.07. The molecule has 0 bridgehead atoms. The van der Waals surface area contributed by atoms with Gasteiger partial charge in [0.1, 0.15) is 11.5 Å². The molecule has 0 aliphatic rings. The minimum atomic E-state index is -0.203. The molecule has 0 atom stereocenters. The lowest BCUT2D eigenvalue weighted by molar-refractivity contribution is -0.122. The molecular weight excluding hydrogens is 344 g/mol. The number of carbonyl (C=O) groups excluding carboxylic acids is 2. The standard InChI is InChI=1S/C21H26N2O4/c1-3-5-14-26-18-10-6-16(7-11-18)21(25)23-17-8-12-19(13-9-17)27-15-20(24)22-4-2/h6-13H,3-5,14-15H2,1-2H3,(H,22,24)(H,23,25). The first-order chi connectivity index (χ1) is 13.1. The number of nitrogens with one attached hydrogen (secondary N) is 2. The molecule has 2 N–H and O–H groups in total. The van der Waals surface area contributed by atoms with Crippen molar-refractivity contribution in [3.05, 3.63) is 54.1 Å². The van der Waals surface area contributed by atoms with Crippen molar-refractivity contribution in [2.24, 2.45) is 0 Å². The van der Waals surface area contributed by atoms with Crippen LogP contribution in [0, 0.1) is 0 Å². The molecule has 0 heterocycles. The van der Waals surface area contributed by atoms with E-state index in [0.29, 0.717) is 30.2 Å². The SMILES string of the molecule is CCCCOc1ccc(C(=O)Nc2ccc(OCC(=O)NCC)cc2)cc1. The van der Waals surface area contributed by atoms with E-state index in [1.54, 1.807) is 48.5 Å². The number of carbonyl (C=O) groups is 2. The van der Waals surface area contributed by atoms with Gasteiger partial charge in [-0.05, 0) is 61.9 Å². The highest BCUT2D eigenvalue weighted by Crippen LogP contribution is 2.18. The molecule has 0 saturated carbocycles. The number of anilines is 1. The average molecular weight is 370 g/mol. The highest BCUT2D eigenvalue weighted by atomic mass is 16.5. The van der Waals surface area contributed by atoms with Crippen LogP contribution < -0.4 is 20.1 Å². The van der Waals surface area contributed by atoms with E-state index in [2.05, 4.69) is 17.6 Å². The van der Waals surface area contributed by atoms with Gasteiger partial charge in [0.05, 0.1) is 6.61 Å². The maximum Gasteiger partial charge on any atom is 0.257 e. The molecule has 0 saturated heterocycles. The molecule has 27 heavy (non-hydrogen) atoms. The fraction of sp³-hybridized carbons (Fsp3) is 0.333. The molecule has 0 fully saturated rings. The molecule has 6 heteroatoms. The maximum absolute atomic E-state index is 12.3. The van der Waals surface area contributed by atoms with Gasteiger partial charge in [-0.25, -0.2) is 0 Å². The van der Waals surface area contributed by atoms with Crippen LogP contribution in [0.1, 0.15) is 37.0 Å². The lowest BCUT2D eigenvalue weighted by Gasteiger charge is -2.09. The molecule has 2 aromatic rings. The zero-order valence-corrected chi connectivity index (χ0v) is 15.8. The van der Waals surface area contributed by atoms with Crippen molar-refractivity contribution in [1.29, 1.82) is 0 Å². The zero-order chi connectivity index (χ0) is 19.5. The number of ether oxygens (including phenoxy) is 2. The molecule has 0 aliphatic heterocycles. The number of hydrogen-bond acceptors (Lipinski definition) is 4. The second kappa shape index (κ2) is 10.9. The second-order valence-electron chi connectivity index (χ2n) is 5.95. The summed E-state index contributed by atoms with van der Waals surface area (Å²) in [6.07, 6.45) is 2.08. The zero-order valence-electron chi connectivity index (χ0n) is 15.8. The van der Waals surface area contributed by atoms with E-state index in [-0.39, 0.29) is 18.4 Å². The van der Waals surface area contributed by atoms with Crippen molar-refractivity contribution < 1.29 is 19.1 Å². The van der Waals surface area contributed by atoms with Gasteiger partial charge in [0.15, 0.2) is 6.61 Å². The number of unbranched alkanes of at least 4 members (excludes halogenated alkanes) is 1. The monoisotopic (exact) mass is 370 g/mol. The summed E-state index contributed by atoms with van der Waals surface area (Å²) in [5, 5.41) is 5.49. The Morgan fingerprint density at radius 1 is 0.889 bits per heavy atom. The van der Waals surface area contributed by atoms with Crippen LogP contribution in [0.5, 0.6) is 11.5 Å². The van der Waals surface area contributed by atoms with Crippen LogP contribution in [0.25, 0.3) is 0 Å². The minimum absolute atomic E-state index is 0.0355. The number of rotatable bonds is 10. The lowest BCUT2D eigenvalue weighted by atomic mass is 10.2. The van der Waals surface area contributed by atoms with Crippen molar-refractivity contribution in [3.8, 4) is 11.5 Å². The van der Waals surface area contributed by atoms with Crippen LogP contribution in [0.4, 0.5) is 5.69 Å². The van der Waals surface area contributed by atoms with Crippen LogP contribution >= 0.6 is 0 Å². The molecule has 2 amide bonds. The number of hydrogen-bond donors (Lipinski definition) is 2. The Balaban J connectivity index is 1.85. The summed E-state index contributed by atoms with van der Waals surface area (Å²) in [5.41, 5.74) is 1.20. The maximum atomic E-state index is 12.3. The summed E-state index contributed by atoms with van der Waals surface area (Å²) >= 11 is 0. The minimum Gasteiger partial charge on any atom is -0.494 e. The quantitative estimate of drug-likeness (QED) is 0.626. The Morgan fingerprint density at radius 2 is 1.52 bits per heavy atom. The molecule has 0 unspecified atom stereocenters. The van der Waals surface area contributed by atoms with Crippen LogP contribution in [-0.2, 0) is 4.79 Å². The van der Waals surface area contributed by atoms with E-state index in [9.17, 15) is 9.59 Å². The third-order valence-electron chi connectivity index (χ3n) is 3.74. The van der Waals surface area contributed by atoms with Gasteiger partial charge in [0.2, 0.25) is 0 Å². The van der Waals surface area contributed by atoms with E-state index in [1.807, 2.05) is 6.92 Å². The van der Waals surface area contributed by atoms with Crippen molar-refractivity contribution in [3.63, 3.8) is 0 Å². The topological polar surface area (TPSA) is 76.7 Å². The number of benzene rings is 2. The van der Waals surface area contributed by atoms with Gasteiger partial charge in [-0.1, -0.05) is 13.3 Å². The number of likely N-dealkylation sites (N-methyl/N-ethyl adjacent to an activating group) is 1.